The Morgan fingerprint density at radius 1 is 1.19 bits per heavy atom. The number of hydrogen-bond acceptors (Lipinski definition) is 6. The van der Waals surface area contributed by atoms with Crippen LogP contribution >= 0.6 is 0 Å². The molecule has 0 bridgehead atoms. The van der Waals surface area contributed by atoms with Gasteiger partial charge in [-0.25, -0.2) is 0 Å². The molecular formula is C30H37NO6. The third-order valence-corrected chi connectivity index (χ3v) is 8.53. The Morgan fingerprint density at radius 2 is 1.86 bits per heavy atom. The molecule has 1 aromatic rings. The number of amides is 1. The van der Waals surface area contributed by atoms with Crippen molar-refractivity contribution in [1.29, 1.82) is 0 Å². The molecule has 3 aliphatic rings. The number of aliphatic hydroxyl groups is 2. The molecule has 9 atom stereocenters. The maximum atomic E-state index is 14.2. The van der Waals surface area contributed by atoms with Gasteiger partial charge in [-0.05, 0) is 49.0 Å². The van der Waals surface area contributed by atoms with Crippen molar-refractivity contribution < 1.29 is 29.3 Å². The van der Waals surface area contributed by atoms with E-state index in [-0.39, 0.29) is 23.7 Å². The fourth-order valence-electron chi connectivity index (χ4n) is 6.68. The number of esters is 1. The summed E-state index contributed by atoms with van der Waals surface area (Å²) in [5.41, 5.74) is -1.55. The van der Waals surface area contributed by atoms with Crippen LogP contribution in [-0.4, -0.2) is 51.7 Å². The zero-order valence-corrected chi connectivity index (χ0v) is 21.9. The summed E-state index contributed by atoms with van der Waals surface area (Å²) < 4.78 is 5.81. The van der Waals surface area contributed by atoms with Crippen molar-refractivity contribution in [3.63, 3.8) is 0 Å². The third kappa shape index (κ3) is 4.59. The highest BCUT2D eigenvalue weighted by Crippen LogP contribution is 2.58. The van der Waals surface area contributed by atoms with E-state index >= 15 is 0 Å². The van der Waals surface area contributed by atoms with Crippen molar-refractivity contribution in [2.75, 3.05) is 0 Å². The molecule has 1 aromatic carbocycles. The number of benzene rings is 1. The van der Waals surface area contributed by atoms with Crippen molar-refractivity contribution in [1.82, 2.24) is 5.32 Å². The molecule has 3 N–H and O–H groups in total. The molecule has 198 valence electrons. The van der Waals surface area contributed by atoms with E-state index in [1.54, 1.807) is 19.1 Å². The number of carbonyl (C=O) groups excluding carboxylic acids is 3. The molecule has 1 amide bonds. The predicted octanol–water partition coefficient (Wildman–Crippen LogP) is 2.92. The number of ketones is 1. The van der Waals surface area contributed by atoms with Crippen molar-refractivity contribution >= 4 is 17.7 Å². The second-order valence-electron chi connectivity index (χ2n) is 11.0. The Bertz CT molecular complexity index is 1140. The molecule has 2 aliphatic carbocycles. The lowest BCUT2D eigenvalue weighted by Crippen LogP contribution is -2.60. The largest absolute Gasteiger partial charge is 0.457 e. The molecule has 7 nitrogen and oxygen atoms in total. The first-order valence-electron chi connectivity index (χ1n) is 12.9. The van der Waals surface area contributed by atoms with Gasteiger partial charge in [-0.15, -0.1) is 0 Å². The first-order valence-corrected chi connectivity index (χ1v) is 12.9. The topological polar surface area (TPSA) is 113 Å². The van der Waals surface area contributed by atoms with Crippen molar-refractivity contribution in [2.24, 2.45) is 29.1 Å². The van der Waals surface area contributed by atoms with E-state index < -0.39 is 46.9 Å². The number of hydrogen-bond donors (Lipinski definition) is 3. The van der Waals surface area contributed by atoms with E-state index in [9.17, 15) is 24.6 Å². The smallest absolute Gasteiger partial charge is 0.303 e. The summed E-state index contributed by atoms with van der Waals surface area (Å²) in [5, 5.41) is 25.7. The van der Waals surface area contributed by atoms with Crippen LogP contribution in [0.25, 0.3) is 0 Å². The van der Waals surface area contributed by atoms with Crippen LogP contribution < -0.4 is 5.32 Å². The Balaban J connectivity index is 1.94. The molecule has 0 aromatic heterocycles. The van der Waals surface area contributed by atoms with Crippen LogP contribution in [0.4, 0.5) is 0 Å². The van der Waals surface area contributed by atoms with Gasteiger partial charge in [0, 0.05) is 30.7 Å². The van der Waals surface area contributed by atoms with E-state index in [4.69, 9.17) is 4.74 Å². The summed E-state index contributed by atoms with van der Waals surface area (Å²) in [6, 6.07) is 9.49. The number of ether oxygens (including phenoxy) is 1. The number of rotatable bonds is 3. The molecule has 0 radical (unpaired) electrons. The number of nitrogens with one attached hydrogen (secondary N) is 1. The van der Waals surface area contributed by atoms with E-state index in [0.29, 0.717) is 18.4 Å². The zero-order chi connectivity index (χ0) is 27.1. The number of allylic oxidation sites excluding steroid dienone is 1. The maximum Gasteiger partial charge on any atom is 0.303 e. The van der Waals surface area contributed by atoms with Gasteiger partial charge in [0.25, 0.3) is 0 Å². The van der Waals surface area contributed by atoms with Gasteiger partial charge in [-0.1, -0.05) is 62.9 Å². The average molecular weight is 508 g/mol. The molecule has 7 heteroatoms. The Hall–Kier alpha value is -3.03. The molecule has 1 heterocycles. The van der Waals surface area contributed by atoms with Gasteiger partial charge >= 0.3 is 5.97 Å². The first kappa shape index (κ1) is 27.0. The highest BCUT2D eigenvalue weighted by atomic mass is 16.5. The second kappa shape index (κ2) is 10.0. The monoisotopic (exact) mass is 507 g/mol. The Morgan fingerprint density at radius 3 is 2.51 bits per heavy atom. The SMILES string of the molecule is C=C1[C@@H](C)[C@H]2[C@H](Cc3ccccc3)NC(=O)[C@]23[C@H](OC(C)=O)/C=C\[C@@](C)(O)C(=O)[C@@H](C)C/C=C\[C@H]3[C@@H]1O. The van der Waals surface area contributed by atoms with Crippen LogP contribution in [-0.2, 0) is 25.5 Å². The van der Waals surface area contributed by atoms with Crippen molar-refractivity contribution in [2.45, 2.75) is 64.4 Å². The van der Waals surface area contributed by atoms with E-state index in [1.165, 1.54) is 26.0 Å². The summed E-state index contributed by atoms with van der Waals surface area (Å²) in [4.78, 5) is 39.5. The van der Waals surface area contributed by atoms with E-state index in [1.807, 2.05) is 37.3 Å². The predicted molar refractivity (Wildman–Crippen MR) is 139 cm³/mol. The average Bonchev–Trinajstić information content (AvgIpc) is 3.13. The molecule has 2 fully saturated rings. The van der Waals surface area contributed by atoms with Gasteiger partial charge in [-0.3, -0.25) is 14.4 Å². The molecule has 37 heavy (non-hydrogen) atoms. The summed E-state index contributed by atoms with van der Waals surface area (Å²) in [6.07, 6.45) is 5.01. The van der Waals surface area contributed by atoms with Gasteiger partial charge in [0.1, 0.15) is 17.1 Å². The molecule has 1 spiro atoms. The minimum atomic E-state index is -1.82. The fourth-order valence-corrected chi connectivity index (χ4v) is 6.68. The van der Waals surface area contributed by atoms with Gasteiger partial charge in [-0.2, -0.15) is 0 Å². The molecule has 0 unspecified atom stereocenters. The van der Waals surface area contributed by atoms with Crippen LogP contribution in [0.2, 0.25) is 0 Å². The quantitative estimate of drug-likeness (QED) is 0.428. The zero-order valence-electron chi connectivity index (χ0n) is 21.9. The fraction of sp³-hybridized carbons (Fsp3) is 0.500. The molecule has 1 aliphatic heterocycles. The number of Topliss-reactive ketones (excluding diaryl/α,β-unsaturated/α-hetero) is 1. The highest BCUT2D eigenvalue weighted by molar-refractivity contribution is 5.91. The second-order valence-corrected chi connectivity index (χ2v) is 11.0. The van der Waals surface area contributed by atoms with Gasteiger partial charge in [0.15, 0.2) is 5.78 Å². The summed E-state index contributed by atoms with van der Waals surface area (Å²) in [6.45, 7) is 10.5. The highest BCUT2D eigenvalue weighted by Gasteiger charge is 2.68. The van der Waals surface area contributed by atoms with Crippen LogP contribution in [0.15, 0.2) is 66.8 Å². The number of carbonyl (C=O) groups is 3. The summed E-state index contributed by atoms with van der Waals surface area (Å²) in [7, 11) is 0. The molecule has 4 rings (SSSR count). The third-order valence-electron chi connectivity index (χ3n) is 8.53. The van der Waals surface area contributed by atoms with Gasteiger partial charge in [0.2, 0.25) is 5.91 Å². The summed E-state index contributed by atoms with van der Waals surface area (Å²) >= 11 is 0. The van der Waals surface area contributed by atoms with Crippen molar-refractivity contribution in [3.8, 4) is 0 Å². The maximum absolute atomic E-state index is 14.2. The minimum Gasteiger partial charge on any atom is -0.457 e. The van der Waals surface area contributed by atoms with Crippen molar-refractivity contribution in [3.05, 3.63) is 72.4 Å². The lowest BCUT2D eigenvalue weighted by atomic mass is 9.51. The van der Waals surface area contributed by atoms with Crippen LogP contribution in [0.3, 0.4) is 0 Å². The normalized spacial score (nSPS) is 41.6. The number of aliphatic hydroxyl groups excluding tert-OH is 1. The minimum absolute atomic E-state index is 0.287. The lowest BCUT2D eigenvalue weighted by Gasteiger charge is -2.52. The molecule has 1 saturated carbocycles. The Kier molecular flexibility index (Phi) is 7.32. The Labute approximate surface area is 218 Å². The van der Waals surface area contributed by atoms with Gasteiger partial charge < -0.3 is 20.3 Å². The van der Waals surface area contributed by atoms with E-state index in [0.717, 1.165) is 5.56 Å². The van der Waals surface area contributed by atoms with Crippen LogP contribution in [0, 0.1) is 29.1 Å². The lowest BCUT2D eigenvalue weighted by molar-refractivity contribution is -0.166. The molecule has 1 saturated heterocycles. The van der Waals surface area contributed by atoms with Gasteiger partial charge in [0.05, 0.1) is 6.10 Å². The standard InChI is InChI=1S/C30H37NO6/c1-17-10-9-13-22-26(33)19(3)18(2)25-23(16-21-11-7-6-8-12-21)31-28(35)30(22,25)24(37-20(4)32)14-15-29(5,36)27(17)34/h6-9,11-15,17-18,22-26,33,36H,3,10,16H2,1-2,4-5H3,(H,31,35)/b13-9-,15-14-/t17-,18+,22-,23-,24+,25-,26+,29+,30+/m0/s1. The van der Waals surface area contributed by atoms with Crippen LogP contribution in [0.1, 0.15) is 39.7 Å². The first-order chi connectivity index (χ1) is 17.4. The van der Waals surface area contributed by atoms with Crippen LogP contribution in [0.5, 0.6) is 0 Å². The summed E-state index contributed by atoms with van der Waals surface area (Å²) in [5.74, 6) is -3.26. The van der Waals surface area contributed by atoms with E-state index in [2.05, 4.69) is 11.9 Å². The molecular weight excluding hydrogens is 470 g/mol.